The SMILES string of the molecule is CCC(CC(=O)O)NC(=O)Nc1ccc(F)cc1C#N. The lowest BCUT2D eigenvalue weighted by Gasteiger charge is -2.15. The fourth-order valence-corrected chi connectivity index (χ4v) is 1.57. The number of halogens is 1. The molecule has 1 rings (SSSR count). The predicted molar refractivity (Wildman–Crippen MR) is 69.6 cm³/mol. The van der Waals surface area contributed by atoms with E-state index in [1.807, 2.05) is 0 Å². The van der Waals surface area contributed by atoms with Crippen LogP contribution in [0.25, 0.3) is 0 Å². The van der Waals surface area contributed by atoms with Crippen LogP contribution in [0.1, 0.15) is 25.3 Å². The lowest BCUT2D eigenvalue weighted by molar-refractivity contribution is -0.137. The van der Waals surface area contributed by atoms with Crippen LogP contribution in [0.4, 0.5) is 14.9 Å². The summed E-state index contributed by atoms with van der Waals surface area (Å²) in [5.74, 6) is -1.60. The van der Waals surface area contributed by atoms with E-state index in [9.17, 15) is 14.0 Å². The molecule has 0 fully saturated rings. The number of carboxylic acid groups (broad SMARTS) is 1. The van der Waals surface area contributed by atoms with Crippen LogP contribution in [-0.4, -0.2) is 23.1 Å². The van der Waals surface area contributed by atoms with Crippen molar-refractivity contribution < 1.29 is 19.1 Å². The normalized spacial score (nSPS) is 11.2. The van der Waals surface area contributed by atoms with Crippen LogP contribution < -0.4 is 10.6 Å². The van der Waals surface area contributed by atoms with Crippen molar-refractivity contribution >= 4 is 17.7 Å². The average molecular weight is 279 g/mol. The van der Waals surface area contributed by atoms with Crippen molar-refractivity contribution in [3.8, 4) is 6.07 Å². The molecule has 7 heteroatoms. The first-order valence-corrected chi connectivity index (χ1v) is 5.95. The van der Waals surface area contributed by atoms with Gasteiger partial charge in [0.25, 0.3) is 0 Å². The van der Waals surface area contributed by atoms with Gasteiger partial charge in [0.15, 0.2) is 0 Å². The molecule has 0 aliphatic carbocycles. The summed E-state index contributed by atoms with van der Waals surface area (Å²) in [5, 5.41) is 22.4. The van der Waals surface area contributed by atoms with Gasteiger partial charge in [0.1, 0.15) is 11.9 Å². The smallest absolute Gasteiger partial charge is 0.319 e. The van der Waals surface area contributed by atoms with Gasteiger partial charge in [0, 0.05) is 6.04 Å². The van der Waals surface area contributed by atoms with Crippen LogP contribution >= 0.6 is 0 Å². The maximum Gasteiger partial charge on any atom is 0.319 e. The first kappa shape index (κ1) is 15.4. The van der Waals surface area contributed by atoms with Crippen molar-refractivity contribution in [3.63, 3.8) is 0 Å². The van der Waals surface area contributed by atoms with Gasteiger partial charge in [-0.2, -0.15) is 5.26 Å². The quantitative estimate of drug-likeness (QED) is 0.767. The Morgan fingerprint density at radius 1 is 1.50 bits per heavy atom. The molecule has 1 unspecified atom stereocenters. The molecule has 3 N–H and O–H groups in total. The van der Waals surface area contributed by atoms with Crippen molar-refractivity contribution in [2.24, 2.45) is 0 Å². The van der Waals surface area contributed by atoms with E-state index in [1.54, 1.807) is 13.0 Å². The molecule has 20 heavy (non-hydrogen) atoms. The van der Waals surface area contributed by atoms with E-state index in [1.165, 1.54) is 6.07 Å². The highest BCUT2D eigenvalue weighted by molar-refractivity contribution is 5.91. The molecule has 0 spiro atoms. The first-order valence-electron chi connectivity index (χ1n) is 5.95. The minimum atomic E-state index is -1.02. The van der Waals surface area contributed by atoms with Gasteiger partial charge < -0.3 is 15.7 Å². The van der Waals surface area contributed by atoms with Crippen LogP contribution in [0.15, 0.2) is 18.2 Å². The molecule has 0 aromatic heterocycles. The van der Waals surface area contributed by atoms with Crippen LogP contribution in [0.2, 0.25) is 0 Å². The van der Waals surface area contributed by atoms with Crippen molar-refractivity contribution in [3.05, 3.63) is 29.6 Å². The molecule has 6 nitrogen and oxygen atoms in total. The molecule has 0 bridgehead atoms. The third kappa shape index (κ3) is 4.57. The molecule has 1 aromatic rings. The number of nitrogens with zero attached hydrogens (tertiary/aromatic N) is 1. The zero-order chi connectivity index (χ0) is 15.1. The molecular formula is C13H14FN3O3. The number of carboxylic acids is 1. The van der Waals surface area contributed by atoms with E-state index in [0.29, 0.717) is 6.42 Å². The van der Waals surface area contributed by atoms with Crippen molar-refractivity contribution in [1.29, 1.82) is 5.26 Å². The fourth-order valence-electron chi connectivity index (χ4n) is 1.57. The Hall–Kier alpha value is -2.62. The van der Waals surface area contributed by atoms with Gasteiger partial charge in [-0.25, -0.2) is 9.18 Å². The summed E-state index contributed by atoms with van der Waals surface area (Å²) in [5.41, 5.74) is 0.156. The number of hydrogen-bond acceptors (Lipinski definition) is 3. The molecule has 1 aromatic carbocycles. The molecule has 0 radical (unpaired) electrons. The third-order valence-corrected chi connectivity index (χ3v) is 2.60. The van der Waals surface area contributed by atoms with E-state index < -0.39 is 23.9 Å². The number of nitrogens with one attached hydrogen (secondary N) is 2. The van der Waals surface area contributed by atoms with E-state index in [-0.39, 0.29) is 17.7 Å². The molecular weight excluding hydrogens is 265 g/mol. The summed E-state index contributed by atoms with van der Waals surface area (Å²) in [7, 11) is 0. The van der Waals surface area contributed by atoms with Crippen molar-refractivity contribution in [2.45, 2.75) is 25.8 Å². The Kier molecular flexibility index (Phi) is 5.47. The third-order valence-electron chi connectivity index (χ3n) is 2.60. The second kappa shape index (κ2) is 7.09. The summed E-state index contributed by atoms with van der Waals surface area (Å²) in [4.78, 5) is 22.3. The summed E-state index contributed by atoms with van der Waals surface area (Å²) in [6.07, 6.45) is 0.257. The Labute approximate surface area is 115 Å². The fraction of sp³-hybridized carbons (Fsp3) is 0.308. The maximum absolute atomic E-state index is 12.9. The van der Waals surface area contributed by atoms with Crippen LogP contribution in [0.5, 0.6) is 0 Å². The molecule has 0 saturated heterocycles. The highest BCUT2D eigenvalue weighted by atomic mass is 19.1. The molecule has 0 aliphatic rings. The van der Waals surface area contributed by atoms with Crippen molar-refractivity contribution in [1.82, 2.24) is 5.32 Å². The zero-order valence-electron chi connectivity index (χ0n) is 10.8. The minimum absolute atomic E-state index is 0.00793. The largest absolute Gasteiger partial charge is 0.481 e. The van der Waals surface area contributed by atoms with Crippen LogP contribution in [0.3, 0.4) is 0 Å². The van der Waals surface area contributed by atoms with Crippen molar-refractivity contribution in [2.75, 3.05) is 5.32 Å². The summed E-state index contributed by atoms with van der Waals surface area (Å²) >= 11 is 0. The Morgan fingerprint density at radius 2 is 2.20 bits per heavy atom. The molecule has 0 aliphatic heterocycles. The number of amides is 2. The Balaban J connectivity index is 2.71. The predicted octanol–water partition coefficient (Wildman–Crippen LogP) is 2.07. The Bertz CT molecular complexity index is 554. The zero-order valence-corrected chi connectivity index (χ0v) is 10.8. The molecule has 0 heterocycles. The van der Waals surface area contributed by atoms with Crippen LogP contribution in [-0.2, 0) is 4.79 Å². The van der Waals surface area contributed by atoms with Gasteiger partial charge in [-0.05, 0) is 24.6 Å². The number of nitriles is 1. The minimum Gasteiger partial charge on any atom is -0.481 e. The lowest BCUT2D eigenvalue weighted by Crippen LogP contribution is -2.39. The lowest BCUT2D eigenvalue weighted by atomic mass is 10.1. The van der Waals surface area contributed by atoms with E-state index >= 15 is 0 Å². The number of carbonyl (C=O) groups is 2. The second-order valence-electron chi connectivity index (χ2n) is 4.10. The van der Waals surface area contributed by atoms with E-state index in [4.69, 9.17) is 10.4 Å². The Morgan fingerprint density at radius 3 is 2.75 bits per heavy atom. The summed E-state index contributed by atoms with van der Waals surface area (Å²) in [6, 6.07) is 4.00. The van der Waals surface area contributed by atoms with Gasteiger partial charge >= 0.3 is 12.0 Å². The molecule has 106 valence electrons. The van der Waals surface area contributed by atoms with Gasteiger partial charge in [0.05, 0.1) is 17.7 Å². The standard InChI is InChI=1S/C13H14FN3O3/c1-2-10(6-12(18)19)16-13(20)17-11-4-3-9(14)5-8(11)7-15/h3-5,10H,2,6H2,1H3,(H,18,19)(H2,16,17,20). The number of benzene rings is 1. The number of carbonyl (C=O) groups excluding carboxylic acids is 1. The second-order valence-corrected chi connectivity index (χ2v) is 4.10. The monoisotopic (exact) mass is 279 g/mol. The first-order chi connectivity index (χ1) is 9.46. The van der Waals surface area contributed by atoms with E-state index in [2.05, 4.69) is 10.6 Å². The molecule has 0 saturated carbocycles. The van der Waals surface area contributed by atoms with Gasteiger partial charge in [-0.3, -0.25) is 4.79 Å². The summed E-state index contributed by atoms with van der Waals surface area (Å²) < 4.78 is 12.9. The summed E-state index contributed by atoms with van der Waals surface area (Å²) in [6.45, 7) is 1.74. The highest BCUT2D eigenvalue weighted by Crippen LogP contribution is 2.15. The van der Waals surface area contributed by atoms with Gasteiger partial charge in [-0.1, -0.05) is 6.92 Å². The number of anilines is 1. The average Bonchev–Trinajstić information content (AvgIpc) is 2.39. The number of rotatable bonds is 5. The van der Waals surface area contributed by atoms with Gasteiger partial charge in [-0.15, -0.1) is 0 Å². The number of hydrogen-bond donors (Lipinski definition) is 3. The topological polar surface area (TPSA) is 102 Å². The maximum atomic E-state index is 12.9. The molecule has 1 atom stereocenters. The number of aliphatic carboxylic acids is 1. The molecule has 2 amide bonds. The highest BCUT2D eigenvalue weighted by Gasteiger charge is 2.15. The van der Waals surface area contributed by atoms with Gasteiger partial charge in [0.2, 0.25) is 0 Å². The number of urea groups is 1. The van der Waals surface area contributed by atoms with E-state index in [0.717, 1.165) is 12.1 Å². The van der Waals surface area contributed by atoms with Crippen LogP contribution in [0, 0.1) is 17.1 Å².